The van der Waals surface area contributed by atoms with Gasteiger partial charge in [-0.15, -0.1) is 0 Å². The van der Waals surface area contributed by atoms with E-state index in [1.807, 2.05) is 0 Å². The maximum atomic E-state index is 5.87. The average molecular weight is 140 g/mol. The lowest BCUT2D eigenvalue weighted by Gasteiger charge is -2.30. The van der Waals surface area contributed by atoms with Crippen LogP contribution in [0.3, 0.4) is 0 Å². The standard InChI is InChI=1S/C8H16N2/c1-10-4-2-3-8(6-10)5-7(8)9/h7H,2-6,9H2,1H3. The molecule has 1 spiro atoms. The number of hydrogen-bond donors (Lipinski definition) is 1. The second-order valence-electron chi connectivity index (χ2n) is 4.01. The first kappa shape index (κ1) is 6.62. The lowest BCUT2D eigenvalue weighted by molar-refractivity contribution is 0.190. The molecule has 2 fully saturated rings. The fourth-order valence-electron chi connectivity index (χ4n) is 2.25. The van der Waals surface area contributed by atoms with Crippen LogP contribution in [0.4, 0.5) is 0 Å². The Hall–Kier alpha value is -0.0800. The van der Waals surface area contributed by atoms with E-state index in [9.17, 15) is 0 Å². The van der Waals surface area contributed by atoms with E-state index in [1.54, 1.807) is 0 Å². The SMILES string of the molecule is CN1CCCC2(CC2N)C1. The molecule has 0 amide bonds. The van der Waals surface area contributed by atoms with Crippen molar-refractivity contribution in [2.24, 2.45) is 11.1 Å². The molecule has 58 valence electrons. The smallest absolute Gasteiger partial charge is 0.0115 e. The van der Waals surface area contributed by atoms with Gasteiger partial charge in [-0.25, -0.2) is 0 Å². The van der Waals surface area contributed by atoms with Crippen LogP contribution in [0.2, 0.25) is 0 Å². The molecule has 1 aliphatic carbocycles. The summed E-state index contributed by atoms with van der Waals surface area (Å²) in [5.74, 6) is 0. The Balaban J connectivity index is 1.99. The van der Waals surface area contributed by atoms with Gasteiger partial charge in [0.25, 0.3) is 0 Å². The van der Waals surface area contributed by atoms with Crippen molar-refractivity contribution in [3.8, 4) is 0 Å². The van der Waals surface area contributed by atoms with Crippen LogP contribution in [0.5, 0.6) is 0 Å². The van der Waals surface area contributed by atoms with Crippen LogP contribution >= 0.6 is 0 Å². The quantitative estimate of drug-likeness (QED) is 0.528. The first-order chi connectivity index (χ1) is 4.73. The van der Waals surface area contributed by atoms with E-state index >= 15 is 0 Å². The highest BCUT2D eigenvalue weighted by molar-refractivity contribution is 5.08. The largest absolute Gasteiger partial charge is 0.327 e. The van der Waals surface area contributed by atoms with Gasteiger partial charge in [0.15, 0.2) is 0 Å². The first-order valence-electron chi connectivity index (χ1n) is 4.17. The van der Waals surface area contributed by atoms with Crippen molar-refractivity contribution in [2.75, 3.05) is 20.1 Å². The van der Waals surface area contributed by atoms with Crippen molar-refractivity contribution in [1.82, 2.24) is 4.90 Å². The molecular formula is C8H16N2. The van der Waals surface area contributed by atoms with Crippen LogP contribution < -0.4 is 5.73 Å². The molecule has 1 aliphatic heterocycles. The van der Waals surface area contributed by atoms with Crippen molar-refractivity contribution in [1.29, 1.82) is 0 Å². The highest BCUT2D eigenvalue weighted by Gasteiger charge is 2.52. The van der Waals surface area contributed by atoms with Crippen LogP contribution in [0, 0.1) is 5.41 Å². The van der Waals surface area contributed by atoms with Gasteiger partial charge in [-0.3, -0.25) is 0 Å². The number of likely N-dealkylation sites (tertiary alicyclic amines) is 1. The maximum Gasteiger partial charge on any atom is 0.0115 e. The number of nitrogens with zero attached hydrogens (tertiary/aromatic N) is 1. The van der Waals surface area contributed by atoms with Crippen LogP contribution in [0.1, 0.15) is 19.3 Å². The van der Waals surface area contributed by atoms with Crippen LogP contribution in [0.15, 0.2) is 0 Å². The van der Waals surface area contributed by atoms with E-state index in [2.05, 4.69) is 11.9 Å². The Labute approximate surface area is 62.4 Å². The molecule has 2 rings (SSSR count). The monoisotopic (exact) mass is 140 g/mol. The van der Waals surface area contributed by atoms with Gasteiger partial charge in [-0.2, -0.15) is 0 Å². The molecule has 10 heavy (non-hydrogen) atoms. The molecule has 0 bridgehead atoms. The molecule has 2 unspecified atom stereocenters. The summed E-state index contributed by atoms with van der Waals surface area (Å²) in [7, 11) is 2.20. The van der Waals surface area contributed by atoms with Crippen LogP contribution in [0.25, 0.3) is 0 Å². The minimum Gasteiger partial charge on any atom is -0.327 e. The Morgan fingerprint density at radius 3 is 2.70 bits per heavy atom. The summed E-state index contributed by atoms with van der Waals surface area (Å²) in [4.78, 5) is 2.41. The Morgan fingerprint density at radius 1 is 1.60 bits per heavy atom. The molecular weight excluding hydrogens is 124 g/mol. The van der Waals surface area contributed by atoms with Gasteiger partial charge in [0.2, 0.25) is 0 Å². The predicted octanol–water partition coefficient (Wildman–Crippen LogP) is 0.429. The maximum absolute atomic E-state index is 5.87. The molecule has 1 heterocycles. The minimum atomic E-state index is 0.523. The Kier molecular flexibility index (Phi) is 1.29. The van der Waals surface area contributed by atoms with E-state index in [1.165, 1.54) is 32.4 Å². The van der Waals surface area contributed by atoms with E-state index in [0.717, 1.165) is 0 Å². The number of hydrogen-bond acceptors (Lipinski definition) is 2. The summed E-state index contributed by atoms with van der Waals surface area (Å²) in [6.07, 6.45) is 4.00. The molecule has 2 atom stereocenters. The van der Waals surface area contributed by atoms with Crippen molar-refractivity contribution in [2.45, 2.75) is 25.3 Å². The topological polar surface area (TPSA) is 29.3 Å². The highest BCUT2D eigenvalue weighted by atomic mass is 15.1. The third kappa shape index (κ3) is 0.867. The van der Waals surface area contributed by atoms with Gasteiger partial charge < -0.3 is 10.6 Å². The summed E-state index contributed by atoms with van der Waals surface area (Å²) in [6.45, 7) is 2.52. The van der Waals surface area contributed by atoms with E-state index < -0.39 is 0 Å². The molecule has 1 saturated carbocycles. The van der Waals surface area contributed by atoms with Crippen molar-refractivity contribution < 1.29 is 0 Å². The number of piperidine rings is 1. The fourth-order valence-corrected chi connectivity index (χ4v) is 2.25. The molecule has 0 aromatic rings. The zero-order valence-electron chi connectivity index (χ0n) is 6.64. The molecule has 2 N–H and O–H groups in total. The van der Waals surface area contributed by atoms with Gasteiger partial charge in [-0.1, -0.05) is 0 Å². The van der Waals surface area contributed by atoms with E-state index in [0.29, 0.717) is 11.5 Å². The van der Waals surface area contributed by atoms with Crippen molar-refractivity contribution >= 4 is 0 Å². The average Bonchev–Trinajstić information content (AvgIpc) is 2.41. The van der Waals surface area contributed by atoms with Gasteiger partial charge in [0.05, 0.1) is 0 Å². The molecule has 0 aromatic carbocycles. The predicted molar refractivity (Wildman–Crippen MR) is 41.8 cm³/mol. The minimum absolute atomic E-state index is 0.523. The Bertz CT molecular complexity index is 146. The van der Waals surface area contributed by atoms with Crippen LogP contribution in [-0.4, -0.2) is 31.1 Å². The van der Waals surface area contributed by atoms with E-state index in [-0.39, 0.29) is 0 Å². The third-order valence-electron chi connectivity index (χ3n) is 3.05. The summed E-state index contributed by atoms with van der Waals surface area (Å²) >= 11 is 0. The van der Waals surface area contributed by atoms with Crippen molar-refractivity contribution in [3.05, 3.63) is 0 Å². The van der Waals surface area contributed by atoms with Crippen LogP contribution in [-0.2, 0) is 0 Å². The first-order valence-corrected chi connectivity index (χ1v) is 4.17. The highest BCUT2D eigenvalue weighted by Crippen LogP contribution is 2.50. The van der Waals surface area contributed by atoms with Gasteiger partial charge in [-0.05, 0) is 38.3 Å². The molecule has 2 nitrogen and oxygen atoms in total. The van der Waals surface area contributed by atoms with E-state index in [4.69, 9.17) is 5.73 Å². The zero-order valence-corrected chi connectivity index (χ0v) is 6.64. The molecule has 1 saturated heterocycles. The van der Waals surface area contributed by atoms with Crippen molar-refractivity contribution in [3.63, 3.8) is 0 Å². The van der Waals surface area contributed by atoms with Gasteiger partial charge in [0, 0.05) is 12.6 Å². The lowest BCUT2D eigenvalue weighted by Crippen LogP contribution is -2.36. The van der Waals surface area contributed by atoms with Gasteiger partial charge in [0.1, 0.15) is 0 Å². The second kappa shape index (κ2) is 1.95. The lowest BCUT2D eigenvalue weighted by atomic mass is 9.95. The summed E-state index contributed by atoms with van der Waals surface area (Å²) in [5, 5.41) is 0. The fraction of sp³-hybridized carbons (Fsp3) is 1.00. The van der Waals surface area contributed by atoms with Gasteiger partial charge >= 0.3 is 0 Å². The molecule has 2 heteroatoms. The Morgan fingerprint density at radius 2 is 2.30 bits per heavy atom. The third-order valence-corrected chi connectivity index (χ3v) is 3.05. The summed E-state index contributed by atoms with van der Waals surface area (Å²) in [5.41, 5.74) is 6.43. The molecule has 2 aliphatic rings. The normalized spacial score (nSPS) is 48.0. The summed E-state index contributed by atoms with van der Waals surface area (Å²) < 4.78 is 0. The number of nitrogens with two attached hydrogens (primary N) is 1. The second-order valence-corrected chi connectivity index (χ2v) is 4.01. The molecule has 0 aromatic heterocycles. The number of rotatable bonds is 0. The summed E-state index contributed by atoms with van der Waals surface area (Å²) in [6, 6.07) is 0.523. The molecule has 0 radical (unpaired) electrons. The zero-order chi connectivity index (χ0) is 7.19.